The first-order valence-corrected chi connectivity index (χ1v) is 9.53. The molecule has 148 valence electrons. The highest BCUT2D eigenvalue weighted by atomic mass is 16.6. The molecule has 0 saturated heterocycles. The molecule has 2 atom stereocenters. The first-order chi connectivity index (χ1) is 13.3. The summed E-state index contributed by atoms with van der Waals surface area (Å²) >= 11 is 0. The molecular weight excluding hydrogens is 354 g/mol. The maximum Gasteiger partial charge on any atom is 0.407 e. The Morgan fingerprint density at radius 1 is 1.14 bits per heavy atom. The van der Waals surface area contributed by atoms with Crippen LogP contribution in [0.3, 0.4) is 0 Å². The second-order valence-corrected chi connectivity index (χ2v) is 7.52. The van der Waals surface area contributed by atoms with Gasteiger partial charge < -0.3 is 20.7 Å². The summed E-state index contributed by atoms with van der Waals surface area (Å²) in [7, 11) is 0. The molecule has 1 aliphatic heterocycles. The van der Waals surface area contributed by atoms with E-state index in [0.717, 1.165) is 22.4 Å². The van der Waals surface area contributed by atoms with Crippen molar-refractivity contribution in [2.75, 3.05) is 10.6 Å². The maximum absolute atomic E-state index is 12.2. The first kappa shape index (κ1) is 19.7. The standard InChI is InChI=1S/C22H27N3O3/c1-13(2)28-22(27)24-20-11-14(3)25(15(4)26)21-10-7-17(12-19(20)21)16-5-8-18(23)9-6-16/h5-10,12-14,20H,11,23H2,1-4H3,(H,24,27)/t14-,20+/m0/s1. The number of fused-ring (bicyclic) bond motifs is 1. The number of nitrogen functional groups attached to an aromatic ring is 1. The summed E-state index contributed by atoms with van der Waals surface area (Å²) < 4.78 is 5.26. The van der Waals surface area contributed by atoms with Gasteiger partial charge in [0.2, 0.25) is 5.91 Å². The van der Waals surface area contributed by atoms with Crippen molar-refractivity contribution in [1.82, 2.24) is 5.32 Å². The Kier molecular flexibility index (Phi) is 5.58. The Hall–Kier alpha value is -3.02. The molecule has 0 aliphatic carbocycles. The molecule has 1 heterocycles. The number of alkyl carbamates (subject to hydrolysis) is 1. The lowest BCUT2D eigenvalue weighted by Crippen LogP contribution is -2.45. The van der Waals surface area contributed by atoms with Crippen molar-refractivity contribution >= 4 is 23.4 Å². The molecule has 2 amide bonds. The molecule has 28 heavy (non-hydrogen) atoms. The van der Waals surface area contributed by atoms with Crippen LogP contribution in [-0.2, 0) is 9.53 Å². The van der Waals surface area contributed by atoms with E-state index in [1.165, 1.54) is 0 Å². The van der Waals surface area contributed by atoms with Gasteiger partial charge in [0.15, 0.2) is 0 Å². The van der Waals surface area contributed by atoms with Crippen LogP contribution in [0.15, 0.2) is 42.5 Å². The average molecular weight is 381 g/mol. The SMILES string of the molecule is CC(=O)N1c2ccc(-c3ccc(N)cc3)cc2[C@H](NC(=O)OC(C)C)C[C@@H]1C. The second kappa shape index (κ2) is 7.92. The van der Waals surface area contributed by atoms with Crippen molar-refractivity contribution in [2.45, 2.75) is 52.3 Å². The number of hydrogen-bond donors (Lipinski definition) is 2. The minimum absolute atomic E-state index is 0.0165. The fourth-order valence-corrected chi connectivity index (χ4v) is 3.73. The predicted molar refractivity (Wildman–Crippen MR) is 111 cm³/mol. The molecule has 1 aliphatic rings. The monoisotopic (exact) mass is 381 g/mol. The normalized spacial score (nSPS) is 18.5. The van der Waals surface area contributed by atoms with E-state index in [1.54, 1.807) is 11.8 Å². The van der Waals surface area contributed by atoms with Crippen LogP contribution in [0.25, 0.3) is 11.1 Å². The highest BCUT2D eigenvalue weighted by molar-refractivity contribution is 5.94. The molecule has 0 saturated carbocycles. The van der Waals surface area contributed by atoms with Gasteiger partial charge in [-0.2, -0.15) is 0 Å². The van der Waals surface area contributed by atoms with Crippen molar-refractivity contribution in [1.29, 1.82) is 0 Å². The number of benzene rings is 2. The van der Waals surface area contributed by atoms with E-state index in [0.29, 0.717) is 12.1 Å². The van der Waals surface area contributed by atoms with Crippen LogP contribution in [0.2, 0.25) is 0 Å². The van der Waals surface area contributed by atoms with Gasteiger partial charge in [-0.25, -0.2) is 4.79 Å². The van der Waals surface area contributed by atoms with Gasteiger partial charge in [-0.15, -0.1) is 0 Å². The lowest BCUT2D eigenvalue weighted by Gasteiger charge is -2.39. The van der Waals surface area contributed by atoms with Crippen molar-refractivity contribution in [2.24, 2.45) is 0 Å². The zero-order valence-corrected chi connectivity index (χ0v) is 16.7. The number of carbonyl (C=O) groups excluding carboxylic acids is 2. The Balaban J connectivity index is 2.02. The van der Waals surface area contributed by atoms with Crippen molar-refractivity contribution in [3.63, 3.8) is 0 Å². The van der Waals surface area contributed by atoms with E-state index in [9.17, 15) is 9.59 Å². The third-order valence-corrected chi connectivity index (χ3v) is 4.90. The highest BCUT2D eigenvalue weighted by Crippen LogP contribution is 2.39. The molecule has 6 nitrogen and oxygen atoms in total. The molecule has 2 aromatic carbocycles. The van der Waals surface area contributed by atoms with Gasteiger partial charge in [0.05, 0.1) is 12.1 Å². The summed E-state index contributed by atoms with van der Waals surface area (Å²) in [5.41, 5.74) is 10.2. The molecule has 0 unspecified atom stereocenters. The van der Waals surface area contributed by atoms with E-state index >= 15 is 0 Å². The molecule has 3 rings (SSSR count). The molecule has 0 radical (unpaired) electrons. The van der Waals surface area contributed by atoms with Gasteiger partial charge in [0, 0.05) is 24.3 Å². The summed E-state index contributed by atoms with van der Waals surface area (Å²) in [6.45, 7) is 7.18. The van der Waals surface area contributed by atoms with Crippen LogP contribution >= 0.6 is 0 Å². The van der Waals surface area contributed by atoms with E-state index in [2.05, 4.69) is 5.32 Å². The van der Waals surface area contributed by atoms with Crippen LogP contribution in [0.5, 0.6) is 0 Å². The Morgan fingerprint density at radius 3 is 2.39 bits per heavy atom. The number of amides is 2. The van der Waals surface area contributed by atoms with E-state index in [1.807, 2.05) is 63.2 Å². The number of ether oxygens (including phenoxy) is 1. The predicted octanol–water partition coefficient (Wildman–Crippen LogP) is 4.26. The lowest BCUT2D eigenvalue weighted by atomic mass is 9.89. The van der Waals surface area contributed by atoms with Gasteiger partial charge in [0.1, 0.15) is 0 Å². The topological polar surface area (TPSA) is 84.7 Å². The van der Waals surface area contributed by atoms with Crippen LogP contribution in [0.1, 0.15) is 45.7 Å². The number of carbonyl (C=O) groups is 2. The molecule has 0 spiro atoms. The van der Waals surface area contributed by atoms with E-state index in [4.69, 9.17) is 10.5 Å². The second-order valence-electron chi connectivity index (χ2n) is 7.52. The molecule has 3 N–H and O–H groups in total. The summed E-state index contributed by atoms with van der Waals surface area (Å²) in [4.78, 5) is 26.2. The number of nitrogens with two attached hydrogens (primary N) is 1. The molecular formula is C22H27N3O3. The number of hydrogen-bond acceptors (Lipinski definition) is 4. The zero-order chi connectivity index (χ0) is 20.4. The minimum Gasteiger partial charge on any atom is -0.447 e. The van der Waals surface area contributed by atoms with Gasteiger partial charge in [-0.3, -0.25) is 4.79 Å². The van der Waals surface area contributed by atoms with Gasteiger partial charge in [0.25, 0.3) is 0 Å². The van der Waals surface area contributed by atoms with Crippen molar-refractivity contribution in [3.8, 4) is 11.1 Å². The van der Waals surface area contributed by atoms with Gasteiger partial charge >= 0.3 is 6.09 Å². The summed E-state index contributed by atoms with van der Waals surface area (Å²) in [6, 6.07) is 13.3. The number of nitrogens with zero attached hydrogens (tertiary/aromatic N) is 1. The zero-order valence-electron chi connectivity index (χ0n) is 16.7. The number of rotatable bonds is 3. The third-order valence-electron chi connectivity index (χ3n) is 4.90. The molecule has 0 aromatic heterocycles. The van der Waals surface area contributed by atoms with Crippen LogP contribution in [0, 0.1) is 0 Å². The van der Waals surface area contributed by atoms with Crippen LogP contribution < -0.4 is 16.0 Å². The number of nitrogens with one attached hydrogen (secondary N) is 1. The van der Waals surface area contributed by atoms with Gasteiger partial charge in [-0.1, -0.05) is 18.2 Å². The van der Waals surface area contributed by atoms with E-state index < -0.39 is 6.09 Å². The molecule has 2 aromatic rings. The largest absolute Gasteiger partial charge is 0.447 e. The third kappa shape index (κ3) is 4.11. The fraction of sp³-hybridized carbons (Fsp3) is 0.364. The average Bonchev–Trinajstić information content (AvgIpc) is 2.61. The molecule has 0 fully saturated rings. The maximum atomic E-state index is 12.2. The first-order valence-electron chi connectivity index (χ1n) is 9.53. The summed E-state index contributed by atoms with van der Waals surface area (Å²) in [6.07, 6.45) is -0.0343. The molecule has 6 heteroatoms. The smallest absolute Gasteiger partial charge is 0.407 e. The van der Waals surface area contributed by atoms with Gasteiger partial charge in [-0.05, 0) is 68.1 Å². The highest BCUT2D eigenvalue weighted by Gasteiger charge is 2.33. The number of anilines is 2. The van der Waals surface area contributed by atoms with Crippen molar-refractivity contribution < 1.29 is 14.3 Å². The van der Waals surface area contributed by atoms with E-state index in [-0.39, 0.29) is 24.1 Å². The Labute approximate surface area is 165 Å². The van der Waals surface area contributed by atoms with Crippen LogP contribution in [-0.4, -0.2) is 24.1 Å². The fourth-order valence-electron chi connectivity index (χ4n) is 3.73. The molecule has 0 bridgehead atoms. The summed E-state index contributed by atoms with van der Waals surface area (Å²) in [5.74, 6) is -0.0165. The summed E-state index contributed by atoms with van der Waals surface area (Å²) in [5, 5.41) is 2.96. The lowest BCUT2D eigenvalue weighted by molar-refractivity contribution is -0.117. The van der Waals surface area contributed by atoms with Crippen molar-refractivity contribution in [3.05, 3.63) is 48.0 Å². The van der Waals surface area contributed by atoms with Crippen LogP contribution in [0.4, 0.5) is 16.2 Å². The Bertz CT molecular complexity index is 877. The quantitative estimate of drug-likeness (QED) is 0.778. The minimum atomic E-state index is -0.452. The Morgan fingerprint density at radius 2 is 1.79 bits per heavy atom.